The number of nitro groups is 1. The highest BCUT2D eigenvalue weighted by Crippen LogP contribution is 2.30. The van der Waals surface area contributed by atoms with Crippen LogP contribution in [0.5, 0.6) is 0 Å². The average molecular weight is 350 g/mol. The number of aryl methyl sites for hydroxylation is 1. The quantitative estimate of drug-likeness (QED) is 0.365. The number of alkyl halides is 1. The zero-order valence-corrected chi connectivity index (χ0v) is 12.8. The molecule has 0 heterocycles. The number of carbonyl (C=O) groups is 1. The molecule has 0 saturated carbocycles. The molecule has 0 atom stereocenters. The van der Waals surface area contributed by atoms with E-state index in [4.69, 9.17) is 11.6 Å². The Morgan fingerprint density at radius 2 is 2.16 bits per heavy atom. The van der Waals surface area contributed by atoms with Gasteiger partial charge in [0, 0.05) is 28.4 Å². The van der Waals surface area contributed by atoms with Crippen LogP contribution in [0.2, 0.25) is 0 Å². The molecule has 104 valence electrons. The molecule has 1 amide bonds. The van der Waals surface area contributed by atoms with Crippen molar-refractivity contribution in [2.24, 2.45) is 0 Å². The number of unbranched alkanes of at least 4 members (excludes halogenated alkanes) is 1. The first-order valence-corrected chi connectivity index (χ1v) is 7.08. The Bertz CT molecular complexity index is 494. The van der Waals surface area contributed by atoms with Gasteiger partial charge in [-0.25, -0.2) is 0 Å². The van der Waals surface area contributed by atoms with Crippen molar-refractivity contribution < 1.29 is 9.72 Å². The van der Waals surface area contributed by atoms with Gasteiger partial charge in [-0.1, -0.05) is 0 Å². The molecular weight excluding hydrogens is 336 g/mol. The molecule has 1 rings (SSSR count). The number of hydrogen-bond donors (Lipinski definition) is 1. The maximum Gasteiger partial charge on any atom is 0.274 e. The Labute approximate surface area is 124 Å². The van der Waals surface area contributed by atoms with Gasteiger partial charge in [-0.05, 0) is 41.8 Å². The summed E-state index contributed by atoms with van der Waals surface area (Å²) in [7, 11) is 0. The molecule has 0 bridgehead atoms. The molecule has 0 radical (unpaired) electrons. The molecule has 0 aliphatic rings. The number of benzene rings is 1. The minimum absolute atomic E-state index is 0.0146. The lowest BCUT2D eigenvalue weighted by molar-refractivity contribution is -0.385. The molecule has 1 aromatic rings. The average Bonchev–Trinajstić information content (AvgIpc) is 2.32. The van der Waals surface area contributed by atoms with Crippen LogP contribution in [0, 0.1) is 17.0 Å². The molecule has 0 aliphatic heterocycles. The fraction of sp³-hybridized carbons (Fsp3) is 0.417. The lowest BCUT2D eigenvalue weighted by atomic mass is 10.1. The Balaban J connectivity index is 2.80. The SMILES string of the molecule is Cc1cc(Br)c(NC(=O)CCCCCl)cc1[N+](=O)[O-]. The Morgan fingerprint density at radius 1 is 1.47 bits per heavy atom. The van der Waals surface area contributed by atoms with Gasteiger partial charge in [0.15, 0.2) is 0 Å². The first-order valence-electron chi connectivity index (χ1n) is 5.76. The van der Waals surface area contributed by atoms with Crippen molar-refractivity contribution in [3.8, 4) is 0 Å². The van der Waals surface area contributed by atoms with Crippen LogP contribution < -0.4 is 5.32 Å². The number of nitrogens with one attached hydrogen (secondary N) is 1. The minimum Gasteiger partial charge on any atom is -0.325 e. The Morgan fingerprint density at radius 3 is 2.74 bits per heavy atom. The van der Waals surface area contributed by atoms with Crippen molar-refractivity contribution in [1.82, 2.24) is 0 Å². The van der Waals surface area contributed by atoms with Crippen LogP contribution in [0.15, 0.2) is 16.6 Å². The molecule has 0 aromatic heterocycles. The predicted octanol–water partition coefficient (Wildman–Crippen LogP) is 4.01. The second-order valence-corrected chi connectivity index (χ2v) is 5.30. The zero-order valence-electron chi connectivity index (χ0n) is 10.4. The van der Waals surface area contributed by atoms with Gasteiger partial charge in [-0.15, -0.1) is 11.6 Å². The number of hydrogen-bond acceptors (Lipinski definition) is 3. The number of anilines is 1. The monoisotopic (exact) mass is 348 g/mol. The predicted molar refractivity (Wildman–Crippen MR) is 78.7 cm³/mol. The summed E-state index contributed by atoms with van der Waals surface area (Å²) in [6, 6.07) is 2.98. The zero-order chi connectivity index (χ0) is 14.4. The molecule has 19 heavy (non-hydrogen) atoms. The lowest BCUT2D eigenvalue weighted by Crippen LogP contribution is -2.12. The summed E-state index contributed by atoms with van der Waals surface area (Å²) in [5.74, 6) is 0.344. The van der Waals surface area contributed by atoms with Gasteiger partial charge >= 0.3 is 0 Å². The van der Waals surface area contributed by atoms with Crippen molar-refractivity contribution in [3.05, 3.63) is 32.3 Å². The van der Waals surface area contributed by atoms with E-state index >= 15 is 0 Å². The van der Waals surface area contributed by atoms with E-state index in [0.717, 1.165) is 6.42 Å². The number of amides is 1. The first kappa shape index (κ1) is 15.9. The molecule has 0 saturated heterocycles. The van der Waals surface area contributed by atoms with E-state index in [9.17, 15) is 14.9 Å². The summed E-state index contributed by atoms with van der Waals surface area (Å²) < 4.78 is 0.626. The number of nitro benzene ring substituents is 1. The largest absolute Gasteiger partial charge is 0.325 e. The van der Waals surface area contributed by atoms with Crippen LogP contribution in [-0.2, 0) is 4.79 Å². The fourth-order valence-electron chi connectivity index (χ4n) is 1.55. The van der Waals surface area contributed by atoms with Crippen LogP contribution >= 0.6 is 27.5 Å². The summed E-state index contributed by atoms with van der Waals surface area (Å²) in [4.78, 5) is 22.0. The second-order valence-electron chi connectivity index (χ2n) is 4.07. The molecule has 5 nitrogen and oxygen atoms in total. The van der Waals surface area contributed by atoms with Crippen LogP contribution in [0.25, 0.3) is 0 Å². The van der Waals surface area contributed by atoms with Gasteiger partial charge < -0.3 is 5.32 Å². The summed E-state index contributed by atoms with van der Waals surface area (Å²) in [6.45, 7) is 1.65. The molecule has 0 spiro atoms. The van der Waals surface area contributed by atoms with E-state index in [-0.39, 0.29) is 11.6 Å². The maximum absolute atomic E-state index is 11.7. The molecular formula is C12H14BrClN2O3. The van der Waals surface area contributed by atoms with Gasteiger partial charge in [0.05, 0.1) is 10.6 Å². The third kappa shape index (κ3) is 4.80. The molecule has 1 aromatic carbocycles. The van der Waals surface area contributed by atoms with Crippen molar-refractivity contribution >= 4 is 44.8 Å². The molecule has 7 heteroatoms. The van der Waals surface area contributed by atoms with Crippen LogP contribution in [-0.4, -0.2) is 16.7 Å². The highest BCUT2D eigenvalue weighted by molar-refractivity contribution is 9.10. The van der Waals surface area contributed by atoms with E-state index in [1.807, 2.05) is 0 Å². The third-order valence-corrected chi connectivity index (χ3v) is 3.47. The molecule has 1 N–H and O–H groups in total. The first-order chi connectivity index (χ1) is 8.95. The summed E-state index contributed by atoms with van der Waals surface area (Å²) in [6.07, 6.45) is 1.81. The van der Waals surface area contributed by atoms with Crippen molar-refractivity contribution in [1.29, 1.82) is 0 Å². The fourth-order valence-corrected chi connectivity index (χ4v) is 2.29. The van der Waals surface area contributed by atoms with Gasteiger partial charge in [0.1, 0.15) is 0 Å². The second kappa shape index (κ2) is 7.45. The number of halogens is 2. The molecule has 0 aliphatic carbocycles. The standard InChI is InChI=1S/C12H14BrClN2O3/c1-8-6-9(13)10(7-11(8)16(18)19)15-12(17)4-2-3-5-14/h6-7H,2-5H2,1H3,(H,15,17). The number of nitrogens with zero attached hydrogens (tertiary/aromatic N) is 1. The van der Waals surface area contributed by atoms with Gasteiger partial charge in [0.25, 0.3) is 5.69 Å². The smallest absolute Gasteiger partial charge is 0.274 e. The van der Waals surface area contributed by atoms with Crippen molar-refractivity contribution in [3.63, 3.8) is 0 Å². The van der Waals surface area contributed by atoms with E-state index in [2.05, 4.69) is 21.2 Å². The van der Waals surface area contributed by atoms with Crippen LogP contribution in [0.4, 0.5) is 11.4 Å². The van der Waals surface area contributed by atoms with Gasteiger partial charge in [0.2, 0.25) is 5.91 Å². The van der Waals surface area contributed by atoms with Crippen LogP contribution in [0.1, 0.15) is 24.8 Å². The number of carbonyl (C=O) groups excluding carboxylic acids is 1. The van der Waals surface area contributed by atoms with E-state index in [0.29, 0.717) is 34.4 Å². The van der Waals surface area contributed by atoms with Gasteiger partial charge in [-0.2, -0.15) is 0 Å². The normalized spacial score (nSPS) is 10.3. The summed E-state index contributed by atoms with van der Waals surface area (Å²) >= 11 is 8.81. The maximum atomic E-state index is 11.7. The van der Waals surface area contributed by atoms with Crippen molar-refractivity contribution in [2.45, 2.75) is 26.2 Å². The minimum atomic E-state index is -0.467. The van der Waals surface area contributed by atoms with E-state index in [1.165, 1.54) is 6.07 Å². The van der Waals surface area contributed by atoms with E-state index in [1.54, 1.807) is 13.0 Å². The highest BCUT2D eigenvalue weighted by atomic mass is 79.9. The summed E-state index contributed by atoms with van der Waals surface area (Å²) in [5, 5.41) is 13.5. The Hall–Kier alpha value is -1.14. The van der Waals surface area contributed by atoms with Gasteiger partial charge in [-0.3, -0.25) is 14.9 Å². The highest BCUT2D eigenvalue weighted by Gasteiger charge is 2.15. The molecule has 0 unspecified atom stereocenters. The third-order valence-electron chi connectivity index (χ3n) is 2.54. The van der Waals surface area contributed by atoms with Crippen molar-refractivity contribution in [2.75, 3.05) is 11.2 Å². The summed E-state index contributed by atoms with van der Waals surface area (Å²) in [5.41, 5.74) is 0.935. The number of rotatable bonds is 6. The van der Waals surface area contributed by atoms with E-state index < -0.39 is 4.92 Å². The molecule has 0 fully saturated rings. The topological polar surface area (TPSA) is 72.2 Å². The van der Waals surface area contributed by atoms with Crippen LogP contribution in [0.3, 0.4) is 0 Å². The Kier molecular flexibility index (Phi) is 6.24. The lowest BCUT2D eigenvalue weighted by Gasteiger charge is -2.08.